The van der Waals surface area contributed by atoms with Gasteiger partial charge < -0.3 is 10.4 Å². The Balaban J connectivity index is 1.72. The summed E-state index contributed by atoms with van der Waals surface area (Å²) in [6, 6.07) is 13.1. The molecular weight excluding hydrogens is 324 g/mol. The van der Waals surface area contributed by atoms with Crippen LogP contribution >= 0.6 is 11.8 Å². The number of aliphatic carboxylic acids is 1. The van der Waals surface area contributed by atoms with Gasteiger partial charge in [0.15, 0.2) is 0 Å². The third-order valence-electron chi connectivity index (χ3n) is 3.29. The smallest absolute Gasteiger partial charge is 0.303 e. The third-order valence-corrected chi connectivity index (χ3v) is 4.28. The van der Waals surface area contributed by atoms with Gasteiger partial charge in [-0.15, -0.1) is 0 Å². The number of nitrogens with one attached hydrogen (secondary N) is 1. The summed E-state index contributed by atoms with van der Waals surface area (Å²) in [7, 11) is 0. The SMILES string of the molecule is O=C(O)CCc1cccc(NC(=O)CCSCc2ccccn2)c1. The van der Waals surface area contributed by atoms with E-state index >= 15 is 0 Å². The van der Waals surface area contributed by atoms with Crippen molar-refractivity contribution < 1.29 is 14.7 Å². The molecule has 0 radical (unpaired) electrons. The Bertz CT molecular complexity index is 677. The predicted octanol–water partition coefficient (Wildman–Crippen LogP) is 3.36. The van der Waals surface area contributed by atoms with Crippen molar-refractivity contribution >= 4 is 29.3 Å². The van der Waals surface area contributed by atoms with Gasteiger partial charge in [0.25, 0.3) is 0 Å². The number of thioether (sulfide) groups is 1. The number of carboxylic acid groups (broad SMARTS) is 1. The molecule has 0 atom stereocenters. The number of hydrogen-bond acceptors (Lipinski definition) is 4. The minimum atomic E-state index is -0.825. The van der Waals surface area contributed by atoms with Crippen LogP contribution in [0.5, 0.6) is 0 Å². The first-order valence-electron chi connectivity index (χ1n) is 7.72. The minimum absolute atomic E-state index is 0.0427. The van der Waals surface area contributed by atoms with Crippen LogP contribution in [0.3, 0.4) is 0 Å². The first-order chi connectivity index (χ1) is 11.6. The van der Waals surface area contributed by atoms with Crippen molar-refractivity contribution in [2.24, 2.45) is 0 Å². The van der Waals surface area contributed by atoms with Crippen molar-refractivity contribution in [2.45, 2.75) is 25.0 Å². The van der Waals surface area contributed by atoms with Crippen molar-refractivity contribution in [2.75, 3.05) is 11.1 Å². The van der Waals surface area contributed by atoms with Crippen LogP contribution in [0, 0.1) is 0 Å². The number of rotatable bonds is 9. The van der Waals surface area contributed by atoms with E-state index in [2.05, 4.69) is 10.3 Å². The molecule has 1 aromatic heterocycles. The average Bonchev–Trinajstić information content (AvgIpc) is 2.58. The molecule has 2 rings (SSSR count). The molecule has 1 amide bonds. The van der Waals surface area contributed by atoms with Crippen LogP contribution in [0.1, 0.15) is 24.1 Å². The lowest BCUT2D eigenvalue weighted by molar-refractivity contribution is -0.137. The number of carboxylic acids is 1. The number of nitrogens with zero attached hydrogens (tertiary/aromatic N) is 1. The molecule has 0 unspecified atom stereocenters. The Morgan fingerprint density at radius 1 is 1.12 bits per heavy atom. The van der Waals surface area contributed by atoms with E-state index in [1.165, 1.54) is 0 Å². The summed E-state index contributed by atoms with van der Waals surface area (Å²) in [4.78, 5) is 26.8. The summed E-state index contributed by atoms with van der Waals surface area (Å²) in [5, 5.41) is 11.6. The standard InChI is InChI=1S/C18H20N2O3S/c21-17(9-11-24-13-16-5-1-2-10-19-16)20-15-6-3-4-14(12-15)7-8-18(22)23/h1-6,10,12H,7-9,11,13H2,(H,20,21)(H,22,23). The maximum atomic E-state index is 12.0. The zero-order valence-corrected chi connectivity index (χ0v) is 14.1. The second-order valence-electron chi connectivity index (χ2n) is 5.27. The summed E-state index contributed by atoms with van der Waals surface area (Å²) in [6.45, 7) is 0. The maximum absolute atomic E-state index is 12.0. The number of amides is 1. The van der Waals surface area contributed by atoms with E-state index < -0.39 is 5.97 Å². The van der Waals surface area contributed by atoms with Gasteiger partial charge in [0, 0.05) is 36.2 Å². The molecule has 2 aromatic rings. The number of aryl methyl sites for hydroxylation is 1. The van der Waals surface area contributed by atoms with Gasteiger partial charge in [-0.25, -0.2) is 0 Å². The lowest BCUT2D eigenvalue weighted by Gasteiger charge is -2.07. The number of carbonyl (C=O) groups excluding carboxylic acids is 1. The second kappa shape index (κ2) is 9.72. The monoisotopic (exact) mass is 344 g/mol. The highest BCUT2D eigenvalue weighted by Gasteiger charge is 2.05. The van der Waals surface area contributed by atoms with Gasteiger partial charge in [0.1, 0.15) is 0 Å². The molecule has 0 saturated heterocycles. The lowest BCUT2D eigenvalue weighted by atomic mass is 10.1. The van der Waals surface area contributed by atoms with E-state index in [4.69, 9.17) is 5.11 Å². The summed E-state index contributed by atoms with van der Waals surface area (Å²) in [5.74, 6) is 0.646. The fourth-order valence-electron chi connectivity index (χ4n) is 2.10. The average molecular weight is 344 g/mol. The molecule has 0 aliphatic heterocycles. The van der Waals surface area contributed by atoms with E-state index in [0.29, 0.717) is 18.5 Å². The summed E-state index contributed by atoms with van der Waals surface area (Å²) < 4.78 is 0. The fraction of sp³-hybridized carbons (Fsp3) is 0.278. The number of pyridine rings is 1. The maximum Gasteiger partial charge on any atom is 0.303 e. The van der Waals surface area contributed by atoms with Crippen LogP contribution in [-0.2, 0) is 21.8 Å². The van der Waals surface area contributed by atoms with Crippen LogP contribution < -0.4 is 5.32 Å². The first-order valence-corrected chi connectivity index (χ1v) is 8.87. The highest BCUT2D eigenvalue weighted by molar-refractivity contribution is 7.98. The van der Waals surface area contributed by atoms with Crippen LogP contribution in [0.25, 0.3) is 0 Å². The molecule has 6 heteroatoms. The van der Waals surface area contributed by atoms with Gasteiger partial charge in [-0.05, 0) is 36.2 Å². The predicted molar refractivity (Wildman–Crippen MR) is 96.0 cm³/mol. The molecule has 5 nitrogen and oxygen atoms in total. The van der Waals surface area contributed by atoms with Crippen molar-refractivity contribution in [3.8, 4) is 0 Å². The number of anilines is 1. The van der Waals surface area contributed by atoms with Crippen LogP contribution in [-0.4, -0.2) is 27.7 Å². The van der Waals surface area contributed by atoms with Gasteiger partial charge in [0.05, 0.1) is 5.69 Å². The molecule has 1 aromatic carbocycles. The molecule has 0 saturated carbocycles. The van der Waals surface area contributed by atoms with Gasteiger partial charge in [-0.1, -0.05) is 18.2 Å². The quantitative estimate of drug-likeness (QED) is 0.682. The highest BCUT2D eigenvalue weighted by Crippen LogP contribution is 2.14. The number of hydrogen-bond donors (Lipinski definition) is 2. The van der Waals surface area contributed by atoms with E-state index in [-0.39, 0.29) is 12.3 Å². The summed E-state index contributed by atoms with van der Waals surface area (Å²) in [6.07, 6.45) is 2.73. The van der Waals surface area contributed by atoms with Crippen LogP contribution in [0.4, 0.5) is 5.69 Å². The van der Waals surface area contributed by atoms with Crippen molar-refractivity contribution in [3.05, 3.63) is 59.9 Å². The van der Waals surface area contributed by atoms with E-state index in [9.17, 15) is 9.59 Å². The van der Waals surface area contributed by atoms with Crippen molar-refractivity contribution in [3.63, 3.8) is 0 Å². The second-order valence-corrected chi connectivity index (χ2v) is 6.37. The Hall–Kier alpha value is -2.34. The van der Waals surface area contributed by atoms with Gasteiger partial charge >= 0.3 is 5.97 Å². The van der Waals surface area contributed by atoms with Crippen molar-refractivity contribution in [1.29, 1.82) is 0 Å². The van der Waals surface area contributed by atoms with E-state index in [1.54, 1.807) is 18.0 Å². The largest absolute Gasteiger partial charge is 0.481 e. The molecule has 126 valence electrons. The molecule has 0 aliphatic rings. The molecule has 24 heavy (non-hydrogen) atoms. The van der Waals surface area contributed by atoms with Gasteiger partial charge in [-0.2, -0.15) is 11.8 Å². The summed E-state index contributed by atoms with van der Waals surface area (Å²) >= 11 is 1.67. The molecule has 2 N–H and O–H groups in total. The topological polar surface area (TPSA) is 79.3 Å². The molecule has 1 heterocycles. The number of aromatic nitrogens is 1. The Morgan fingerprint density at radius 2 is 2.00 bits per heavy atom. The molecular formula is C18H20N2O3S. The van der Waals surface area contributed by atoms with Crippen LogP contribution in [0.15, 0.2) is 48.7 Å². The zero-order chi connectivity index (χ0) is 17.2. The van der Waals surface area contributed by atoms with Crippen molar-refractivity contribution in [1.82, 2.24) is 4.98 Å². The van der Waals surface area contributed by atoms with Gasteiger partial charge in [0.2, 0.25) is 5.91 Å². The highest BCUT2D eigenvalue weighted by atomic mass is 32.2. The van der Waals surface area contributed by atoms with Crippen LogP contribution in [0.2, 0.25) is 0 Å². The van der Waals surface area contributed by atoms with Gasteiger partial charge in [-0.3, -0.25) is 14.6 Å². The zero-order valence-electron chi connectivity index (χ0n) is 13.3. The molecule has 0 bridgehead atoms. The molecule has 0 fully saturated rings. The number of benzene rings is 1. The Morgan fingerprint density at radius 3 is 2.75 bits per heavy atom. The molecule has 0 aliphatic carbocycles. The summed E-state index contributed by atoms with van der Waals surface area (Å²) in [5.41, 5.74) is 2.62. The van der Waals surface area contributed by atoms with E-state index in [0.717, 1.165) is 22.8 Å². The minimum Gasteiger partial charge on any atom is -0.481 e. The van der Waals surface area contributed by atoms with E-state index in [1.807, 2.05) is 42.5 Å². The number of carbonyl (C=O) groups is 2. The normalized spacial score (nSPS) is 10.3. The Kier molecular flexibility index (Phi) is 7.29. The lowest BCUT2D eigenvalue weighted by Crippen LogP contribution is -2.12. The third kappa shape index (κ3) is 6.83. The Labute approximate surface area is 145 Å². The first kappa shape index (κ1) is 18.0. The fourth-order valence-corrected chi connectivity index (χ4v) is 2.96. The molecule has 0 spiro atoms.